The molecule has 0 heterocycles. The summed E-state index contributed by atoms with van der Waals surface area (Å²) in [7, 11) is 0. The molecule has 0 aliphatic rings. The van der Waals surface area contributed by atoms with Gasteiger partial charge in [0, 0.05) is 12.1 Å². The standard InChI is InChI=1S/C18H27N3O/c1-2-14-21(18(22)17(20)12-6-7-13-19)15-8-11-16-9-4-3-5-10-16/h3-5,9-10,17H,2,6-7,12-15,19-20H2,1H3. The molecule has 1 unspecified atom stereocenters. The monoisotopic (exact) mass is 301 g/mol. The van der Waals surface area contributed by atoms with Gasteiger partial charge in [-0.15, -0.1) is 0 Å². The Bertz CT molecular complexity index is 490. The van der Waals surface area contributed by atoms with Crippen LogP contribution in [0.5, 0.6) is 0 Å². The Hall–Kier alpha value is -1.83. The lowest BCUT2D eigenvalue weighted by Crippen LogP contribution is -2.44. The van der Waals surface area contributed by atoms with Crippen molar-refractivity contribution in [1.82, 2.24) is 4.90 Å². The maximum atomic E-state index is 12.4. The number of nitrogens with two attached hydrogens (primary N) is 2. The zero-order valence-corrected chi connectivity index (χ0v) is 13.4. The van der Waals surface area contributed by atoms with Gasteiger partial charge in [-0.2, -0.15) is 0 Å². The topological polar surface area (TPSA) is 72.3 Å². The summed E-state index contributed by atoms with van der Waals surface area (Å²) < 4.78 is 0. The minimum Gasteiger partial charge on any atom is -0.330 e. The van der Waals surface area contributed by atoms with E-state index >= 15 is 0 Å². The first-order valence-corrected chi connectivity index (χ1v) is 7.97. The van der Waals surface area contributed by atoms with Gasteiger partial charge in [0.25, 0.3) is 0 Å². The molecule has 0 fully saturated rings. The largest absolute Gasteiger partial charge is 0.330 e. The third kappa shape index (κ3) is 6.75. The van der Waals surface area contributed by atoms with Gasteiger partial charge in [-0.25, -0.2) is 0 Å². The maximum absolute atomic E-state index is 12.4. The number of carbonyl (C=O) groups is 1. The zero-order chi connectivity index (χ0) is 16.2. The molecule has 0 saturated carbocycles. The summed E-state index contributed by atoms with van der Waals surface area (Å²) in [6, 6.07) is 9.32. The van der Waals surface area contributed by atoms with Crippen LogP contribution in [0.4, 0.5) is 0 Å². The van der Waals surface area contributed by atoms with Gasteiger partial charge in [0.2, 0.25) is 5.91 Å². The predicted molar refractivity (Wildman–Crippen MR) is 91.1 cm³/mol. The minimum atomic E-state index is -0.448. The van der Waals surface area contributed by atoms with E-state index in [4.69, 9.17) is 11.5 Å². The van der Waals surface area contributed by atoms with Gasteiger partial charge in [-0.05, 0) is 37.9 Å². The molecule has 1 rings (SSSR count). The van der Waals surface area contributed by atoms with E-state index in [1.165, 1.54) is 0 Å². The van der Waals surface area contributed by atoms with Crippen LogP contribution in [0.25, 0.3) is 0 Å². The van der Waals surface area contributed by atoms with Crippen LogP contribution in [-0.4, -0.2) is 36.5 Å². The first kappa shape index (κ1) is 18.2. The van der Waals surface area contributed by atoms with Gasteiger partial charge in [0.15, 0.2) is 0 Å². The summed E-state index contributed by atoms with van der Waals surface area (Å²) in [4.78, 5) is 14.1. The molecule has 1 aromatic carbocycles. The number of benzene rings is 1. The number of rotatable bonds is 8. The molecular weight excluding hydrogens is 274 g/mol. The number of nitrogens with zero attached hydrogens (tertiary/aromatic N) is 1. The average Bonchev–Trinajstić information content (AvgIpc) is 2.54. The van der Waals surface area contributed by atoms with Crippen molar-refractivity contribution in [3.8, 4) is 11.8 Å². The molecule has 0 radical (unpaired) electrons. The molecule has 0 aromatic heterocycles. The lowest BCUT2D eigenvalue weighted by Gasteiger charge is -2.23. The molecule has 1 aromatic rings. The summed E-state index contributed by atoms with van der Waals surface area (Å²) in [5.74, 6) is 6.13. The van der Waals surface area contributed by atoms with Crippen molar-refractivity contribution in [2.75, 3.05) is 19.6 Å². The molecule has 4 N–H and O–H groups in total. The lowest BCUT2D eigenvalue weighted by molar-refractivity contribution is -0.132. The smallest absolute Gasteiger partial charge is 0.240 e. The molecule has 1 amide bonds. The van der Waals surface area contributed by atoms with Crippen LogP contribution in [-0.2, 0) is 4.79 Å². The van der Waals surface area contributed by atoms with Crippen molar-refractivity contribution in [3.63, 3.8) is 0 Å². The molecule has 1 atom stereocenters. The number of unbranched alkanes of at least 4 members (excludes halogenated alkanes) is 1. The van der Waals surface area contributed by atoms with E-state index in [9.17, 15) is 4.79 Å². The van der Waals surface area contributed by atoms with Crippen molar-refractivity contribution >= 4 is 5.91 Å². The van der Waals surface area contributed by atoms with E-state index in [-0.39, 0.29) is 5.91 Å². The Balaban J connectivity index is 2.57. The second kappa shape index (κ2) is 10.8. The summed E-state index contributed by atoms with van der Waals surface area (Å²) in [6.45, 7) is 3.80. The molecule has 120 valence electrons. The molecule has 0 bridgehead atoms. The Morgan fingerprint density at radius 1 is 1.27 bits per heavy atom. The second-order valence-electron chi connectivity index (χ2n) is 5.32. The van der Waals surface area contributed by atoms with Crippen LogP contribution in [0, 0.1) is 11.8 Å². The molecule has 22 heavy (non-hydrogen) atoms. The maximum Gasteiger partial charge on any atom is 0.240 e. The van der Waals surface area contributed by atoms with Crippen molar-refractivity contribution in [2.45, 2.75) is 38.6 Å². The lowest BCUT2D eigenvalue weighted by atomic mass is 10.1. The predicted octanol–water partition coefficient (Wildman–Crippen LogP) is 1.73. The molecule has 0 saturated heterocycles. The van der Waals surface area contributed by atoms with Gasteiger partial charge in [0.1, 0.15) is 0 Å². The molecular formula is C18H27N3O. The molecule has 0 spiro atoms. The zero-order valence-electron chi connectivity index (χ0n) is 13.4. The van der Waals surface area contributed by atoms with Gasteiger partial charge >= 0.3 is 0 Å². The fourth-order valence-electron chi connectivity index (χ4n) is 2.16. The van der Waals surface area contributed by atoms with E-state index < -0.39 is 6.04 Å². The Morgan fingerprint density at radius 3 is 2.64 bits per heavy atom. The van der Waals surface area contributed by atoms with Crippen molar-refractivity contribution in [1.29, 1.82) is 0 Å². The fourth-order valence-corrected chi connectivity index (χ4v) is 2.16. The molecule has 0 aliphatic carbocycles. The summed E-state index contributed by atoms with van der Waals surface area (Å²) >= 11 is 0. The summed E-state index contributed by atoms with van der Waals surface area (Å²) in [6.07, 6.45) is 3.37. The van der Waals surface area contributed by atoms with Gasteiger partial charge in [0.05, 0.1) is 12.6 Å². The number of hydrogen-bond acceptors (Lipinski definition) is 3. The van der Waals surface area contributed by atoms with E-state index in [1.54, 1.807) is 4.90 Å². The highest BCUT2D eigenvalue weighted by molar-refractivity contribution is 5.81. The fraction of sp³-hybridized carbons (Fsp3) is 0.500. The normalized spacial score (nSPS) is 11.4. The van der Waals surface area contributed by atoms with Gasteiger partial charge in [-0.3, -0.25) is 4.79 Å². The van der Waals surface area contributed by atoms with Crippen LogP contribution >= 0.6 is 0 Å². The van der Waals surface area contributed by atoms with Crippen LogP contribution in [0.3, 0.4) is 0 Å². The molecule has 4 heteroatoms. The number of carbonyl (C=O) groups excluding carboxylic acids is 1. The Labute approximate surface area is 133 Å². The van der Waals surface area contributed by atoms with Crippen LogP contribution in [0.1, 0.15) is 38.2 Å². The second-order valence-corrected chi connectivity index (χ2v) is 5.32. The van der Waals surface area contributed by atoms with Gasteiger partial charge in [-0.1, -0.05) is 43.4 Å². The van der Waals surface area contributed by atoms with Crippen molar-refractivity contribution < 1.29 is 4.79 Å². The third-order valence-corrected chi connectivity index (χ3v) is 3.37. The summed E-state index contributed by atoms with van der Waals surface area (Å²) in [5, 5.41) is 0. The minimum absolute atomic E-state index is 0.0127. The number of hydrogen-bond donors (Lipinski definition) is 2. The SMILES string of the molecule is CCCN(CC#Cc1ccccc1)C(=O)C(N)CCCCN. The first-order chi connectivity index (χ1) is 10.7. The highest BCUT2D eigenvalue weighted by Gasteiger charge is 2.19. The Morgan fingerprint density at radius 2 is 2.00 bits per heavy atom. The first-order valence-electron chi connectivity index (χ1n) is 7.97. The summed E-state index contributed by atoms with van der Waals surface area (Å²) in [5.41, 5.74) is 12.4. The highest BCUT2D eigenvalue weighted by atomic mass is 16.2. The van der Waals surface area contributed by atoms with E-state index in [0.717, 1.165) is 24.8 Å². The van der Waals surface area contributed by atoms with Crippen molar-refractivity contribution in [3.05, 3.63) is 35.9 Å². The molecule has 0 aliphatic heterocycles. The van der Waals surface area contributed by atoms with E-state index in [2.05, 4.69) is 11.8 Å². The van der Waals surface area contributed by atoms with Crippen LogP contribution in [0.15, 0.2) is 30.3 Å². The third-order valence-electron chi connectivity index (χ3n) is 3.37. The van der Waals surface area contributed by atoms with Crippen molar-refractivity contribution in [2.24, 2.45) is 11.5 Å². The highest BCUT2D eigenvalue weighted by Crippen LogP contribution is 2.03. The molecule has 4 nitrogen and oxygen atoms in total. The van der Waals surface area contributed by atoms with E-state index in [0.29, 0.717) is 26.1 Å². The Kier molecular flexibility index (Phi) is 8.97. The van der Waals surface area contributed by atoms with Crippen LogP contribution in [0.2, 0.25) is 0 Å². The average molecular weight is 301 g/mol. The van der Waals surface area contributed by atoms with E-state index in [1.807, 2.05) is 37.3 Å². The van der Waals surface area contributed by atoms with Crippen LogP contribution < -0.4 is 11.5 Å². The quantitative estimate of drug-likeness (QED) is 0.567. The number of amides is 1. The van der Waals surface area contributed by atoms with Gasteiger partial charge < -0.3 is 16.4 Å².